The minimum absolute atomic E-state index is 0. The lowest BCUT2D eigenvalue weighted by molar-refractivity contribution is -0.121. The number of benzene rings is 2. The quantitative estimate of drug-likeness (QED) is 0.635. The fraction of sp³-hybridized carbons (Fsp3) is 0.409. The average molecular weight is 424 g/mol. The van der Waals surface area contributed by atoms with Crippen molar-refractivity contribution in [3.63, 3.8) is 0 Å². The molecule has 0 aromatic heterocycles. The third-order valence-electron chi connectivity index (χ3n) is 5.19. The lowest BCUT2D eigenvalue weighted by atomic mass is 10.1. The van der Waals surface area contributed by atoms with Gasteiger partial charge in [0.2, 0.25) is 5.91 Å². The molecule has 0 radical (unpaired) electrons. The summed E-state index contributed by atoms with van der Waals surface area (Å²) in [5, 5.41) is 3.10. The lowest BCUT2D eigenvalue weighted by Crippen LogP contribution is -2.31. The van der Waals surface area contributed by atoms with Gasteiger partial charge < -0.3 is 16.0 Å². The molecule has 0 saturated carbocycles. The van der Waals surface area contributed by atoms with E-state index in [9.17, 15) is 4.79 Å². The van der Waals surface area contributed by atoms with Gasteiger partial charge in [-0.25, -0.2) is 0 Å². The van der Waals surface area contributed by atoms with Crippen molar-refractivity contribution >= 4 is 36.4 Å². The highest BCUT2D eigenvalue weighted by Crippen LogP contribution is 2.16. The maximum atomic E-state index is 12.1. The second kappa shape index (κ2) is 12.7. The Kier molecular flexibility index (Phi) is 11.0. The molecule has 3 rings (SSSR count). The summed E-state index contributed by atoms with van der Waals surface area (Å²) in [6.07, 6.45) is 3.46. The zero-order valence-corrected chi connectivity index (χ0v) is 17.8. The number of hydrogen-bond acceptors (Lipinski definition) is 3. The molecule has 1 fully saturated rings. The number of nitrogens with one attached hydrogen (secondary N) is 1. The molecule has 1 aliphatic heterocycles. The molecule has 1 amide bonds. The van der Waals surface area contributed by atoms with Gasteiger partial charge in [0.05, 0.1) is 0 Å². The molecule has 1 heterocycles. The molecule has 1 saturated heterocycles. The molecule has 6 heteroatoms. The van der Waals surface area contributed by atoms with Gasteiger partial charge in [-0.2, -0.15) is 0 Å². The van der Waals surface area contributed by atoms with E-state index in [1.54, 1.807) is 0 Å². The molecule has 28 heavy (non-hydrogen) atoms. The molecule has 2 aromatic carbocycles. The van der Waals surface area contributed by atoms with Crippen LogP contribution < -0.4 is 11.1 Å². The van der Waals surface area contributed by atoms with Crippen LogP contribution >= 0.6 is 24.8 Å². The first-order valence-corrected chi connectivity index (χ1v) is 9.57. The average Bonchev–Trinajstić information content (AvgIpc) is 3.13. The number of nitrogen functional groups attached to an aromatic ring is 1. The Bertz CT molecular complexity index is 712. The Morgan fingerprint density at radius 1 is 1.04 bits per heavy atom. The van der Waals surface area contributed by atoms with Crippen molar-refractivity contribution < 1.29 is 4.79 Å². The number of hydrogen-bond donors (Lipinski definition) is 2. The van der Waals surface area contributed by atoms with Crippen LogP contribution in [0.5, 0.6) is 0 Å². The largest absolute Gasteiger partial charge is 0.399 e. The number of carbonyl (C=O) groups is 1. The number of likely N-dealkylation sites (tertiary alicyclic amines) is 1. The van der Waals surface area contributed by atoms with Crippen molar-refractivity contribution in [2.75, 3.05) is 31.9 Å². The minimum Gasteiger partial charge on any atom is -0.399 e. The van der Waals surface area contributed by atoms with Crippen LogP contribution in [-0.2, 0) is 17.6 Å². The maximum Gasteiger partial charge on any atom is 0.220 e. The third-order valence-corrected chi connectivity index (χ3v) is 5.19. The number of nitrogens with two attached hydrogens (primary N) is 1. The second-order valence-electron chi connectivity index (χ2n) is 7.19. The van der Waals surface area contributed by atoms with E-state index in [2.05, 4.69) is 40.5 Å². The number of nitrogens with zero attached hydrogens (tertiary/aromatic N) is 1. The summed E-state index contributed by atoms with van der Waals surface area (Å²) in [5.74, 6) is 0.688. The van der Waals surface area contributed by atoms with E-state index in [-0.39, 0.29) is 30.7 Å². The van der Waals surface area contributed by atoms with Gasteiger partial charge in [0.25, 0.3) is 0 Å². The second-order valence-corrected chi connectivity index (χ2v) is 7.19. The van der Waals surface area contributed by atoms with Crippen LogP contribution in [-0.4, -0.2) is 37.0 Å². The predicted octanol–water partition coefficient (Wildman–Crippen LogP) is 3.73. The summed E-state index contributed by atoms with van der Waals surface area (Å²) in [4.78, 5) is 14.6. The fourth-order valence-electron chi connectivity index (χ4n) is 3.57. The van der Waals surface area contributed by atoms with Gasteiger partial charge in [-0.1, -0.05) is 48.5 Å². The maximum absolute atomic E-state index is 12.1. The molecule has 0 bridgehead atoms. The first-order valence-electron chi connectivity index (χ1n) is 9.57. The van der Waals surface area contributed by atoms with E-state index >= 15 is 0 Å². The van der Waals surface area contributed by atoms with E-state index in [0.29, 0.717) is 18.8 Å². The van der Waals surface area contributed by atoms with Crippen molar-refractivity contribution in [1.82, 2.24) is 10.2 Å². The summed E-state index contributed by atoms with van der Waals surface area (Å²) < 4.78 is 0. The number of halogens is 2. The smallest absolute Gasteiger partial charge is 0.220 e. The number of amides is 1. The van der Waals surface area contributed by atoms with Crippen LogP contribution in [0.25, 0.3) is 0 Å². The molecule has 1 unspecified atom stereocenters. The topological polar surface area (TPSA) is 58.4 Å². The van der Waals surface area contributed by atoms with Gasteiger partial charge >= 0.3 is 0 Å². The molecule has 1 aliphatic rings. The number of rotatable bonds is 8. The van der Waals surface area contributed by atoms with Crippen LogP contribution in [0.3, 0.4) is 0 Å². The van der Waals surface area contributed by atoms with E-state index in [0.717, 1.165) is 43.9 Å². The normalized spacial score (nSPS) is 16.1. The number of aryl methyl sites for hydroxylation is 1. The van der Waals surface area contributed by atoms with Crippen LogP contribution in [0.15, 0.2) is 54.6 Å². The van der Waals surface area contributed by atoms with Gasteiger partial charge in [-0.05, 0) is 48.9 Å². The summed E-state index contributed by atoms with van der Waals surface area (Å²) in [6, 6.07) is 18.4. The standard InChI is InChI=1S/C22H29N3O.2ClH/c23-21-9-5-4-8-20(21)10-11-22(26)24-16-19-13-15-25(17-19)14-12-18-6-2-1-3-7-18;;/h1-9,19H,10-17,23H2,(H,24,26);2*1H. The van der Waals surface area contributed by atoms with Gasteiger partial charge in [0.1, 0.15) is 0 Å². The zero-order chi connectivity index (χ0) is 18.2. The number of para-hydroxylation sites is 1. The van der Waals surface area contributed by atoms with Crippen molar-refractivity contribution in [3.8, 4) is 0 Å². The zero-order valence-electron chi connectivity index (χ0n) is 16.2. The molecular formula is C22H31Cl2N3O. The molecule has 1 atom stereocenters. The van der Waals surface area contributed by atoms with Gasteiger partial charge in [-0.3, -0.25) is 4.79 Å². The van der Waals surface area contributed by atoms with E-state index in [1.165, 1.54) is 12.0 Å². The Morgan fingerprint density at radius 2 is 1.75 bits per heavy atom. The van der Waals surface area contributed by atoms with Crippen molar-refractivity contribution in [2.45, 2.75) is 25.7 Å². The fourth-order valence-corrected chi connectivity index (χ4v) is 3.57. The molecule has 0 spiro atoms. The monoisotopic (exact) mass is 423 g/mol. The number of anilines is 1. The summed E-state index contributed by atoms with van der Waals surface area (Å²) in [7, 11) is 0. The highest BCUT2D eigenvalue weighted by molar-refractivity contribution is 5.85. The first-order chi connectivity index (χ1) is 12.7. The van der Waals surface area contributed by atoms with Crippen LogP contribution in [0, 0.1) is 5.92 Å². The lowest BCUT2D eigenvalue weighted by Gasteiger charge is -2.16. The van der Waals surface area contributed by atoms with Gasteiger partial charge in [0, 0.05) is 31.7 Å². The summed E-state index contributed by atoms with van der Waals surface area (Å²) >= 11 is 0. The van der Waals surface area contributed by atoms with Crippen molar-refractivity contribution in [1.29, 1.82) is 0 Å². The Morgan fingerprint density at radius 3 is 2.50 bits per heavy atom. The van der Waals surface area contributed by atoms with Gasteiger partial charge in [0.15, 0.2) is 0 Å². The van der Waals surface area contributed by atoms with Crippen molar-refractivity contribution in [2.24, 2.45) is 5.92 Å². The van der Waals surface area contributed by atoms with Crippen LogP contribution in [0.2, 0.25) is 0 Å². The molecule has 4 nitrogen and oxygen atoms in total. The minimum atomic E-state index is 0. The molecule has 154 valence electrons. The van der Waals surface area contributed by atoms with Gasteiger partial charge in [-0.15, -0.1) is 24.8 Å². The van der Waals surface area contributed by atoms with E-state index in [1.807, 2.05) is 24.3 Å². The first kappa shape index (κ1) is 24.3. The van der Waals surface area contributed by atoms with Crippen LogP contribution in [0.1, 0.15) is 24.0 Å². The number of carbonyl (C=O) groups excluding carboxylic acids is 1. The Balaban J connectivity index is 0.00000196. The Labute approximate surface area is 180 Å². The van der Waals surface area contributed by atoms with E-state index in [4.69, 9.17) is 5.73 Å². The molecule has 2 aromatic rings. The summed E-state index contributed by atoms with van der Waals surface area (Å²) in [6.45, 7) is 4.10. The van der Waals surface area contributed by atoms with E-state index < -0.39 is 0 Å². The molecular weight excluding hydrogens is 393 g/mol. The van der Waals surface area contributed by atoms with Crippen molar-refractivity contribution in [3.05, 3.63) is 65.7 Å². The SMILES string of the molecule is Cl.Cl.Nc1ccccc1CCC(=O)NCC1CCN(CCc2ccccc2)C1. The molecule has 0 aliphatic carbocycles. The molecule has 3 N–H and O–H groups in total. The third kappa shape index (κ3) is 7.70. The predicted molar refractivity (Wildman–Crippen MR) is 121 cm³/mol. The van der Waals surface area contributed by atoms with Crippen LogP contribution in [0.4, 0.5) is 5.69 Å². The highest BCUT2D eigenvalue weighted by atomic mass is 35.5. The Hall–Kier alpha value is -1.75. The summed E-state index contributed by atoms with van der Waals surface area (Å²) in [5.41, 5.74) is 9.14. The highest BCUT2D eigenvalue weighted by Gasteiger charge is 2.22.